The van der Waals surface area contributed by atoms with Gasteiger partial charge in [0.2, 0.25) is 0 Å². The molecule has 0 fully saturated rings. The van der Waals surface area contributed by atoms with Crippen molar-refractivity contribution in [2.45, 2.75) is 12.6 Å². The van der Waals surface area contributed by atoms with Crippen LogP contribution in [0.25, 0.3) is 0 Å². The van der Waals surface area contributed by atoms with E-state index in [2.05, 4.69) is 4.98 Å². The first kappa shape index (κ1) is 16.6. The number of halogens is 5. The Kier molecular flexibility index (Phi) is 4.67. The Balaban J connectivity index is 2.38. The maximum absolute atomic E-state index is 12.5. The van der Waals surface area contributed by atoms with E-state index in [1.165, 1.54) is 19.2 Å². The summed E-state index contributed by atoms with van der Waals surface area (Å²) in [7, 11) is 1.40. The van der Waals surface area contributed by atoms with E-state index in [1.807, 2.05) is 0 Å². The van der Waals surface area contributed by atoms with Gasteiger partial charge in [-0.15, -0.1) is 0 Å². The summed E-state index contributed by atoms with van der Waals surface area (Å²) in [5.41, 5.74) is -1.78. The van der Waals surface area contributed by atoms with Gasteiger partial charge in [0.05, 0.1) is 18.3 Å². The topological polar surface area (TPSA) is 55.0 Å². The molecule has 0 aliphatic rings. The highest BCUT2D eigenvalue weighted by atomic mass is 35.5. The first-order valence-electron chi connectivity index (χ1n) is 5.89. The lowest BCUT2D eigenvalue weighted by Gasteiger charge is -2.09. The number of aromatic nitrogens is 2. The minimum Gasteiger partial charge on any atom is -0.495 e. The van der Waals surface area contributed by atoms with Gasteiger partial charge in [-0.05, 0) is 17.7 Å². The highest BCUT2D eigenvalue weighted by molar-refractivity contribution is 6.36. The number of nitrogens with one attached hydrogen (secondary N) is 1. The fraction of sp³-hybridized carbons (Fsp3) is 0.231. The fourth-order valence-corrected chi connectivity index (χ4v) is 2.27. The van der Waals surface area contributed by atoms with Crippen molar-refractivity contribution in [3.05, 3.63) is 55.7 Å². The predicted octanol–water partition coefficient (Wildman–Crippen LogP) is 3.69. The van der Waals surface area contributed by atoms with Crippen molar-refractivity contribution in [1.82, 2.24) is 9.97 Å². The molecule has 9 heteroatoms. The lowest BCUT2D eigenvalue weighted by Crippen LogP contribution is -2.21. The molecule has 0 unspecified atom stereocenters. The first-order valence-corrected chi connectivity index (χ1v) is 6.65. The Morgan fingerprint density at radius 1 is 1.27 bits per heavy atom. The minimum absolute atomic E-state index is 0.0557. The molecular weight excluding hydrogens is 344 g/mol. The van der Waals surface area contributed by atoms with Crippen LogP contribution in [-0.2, 0) is 12.6 Å². The van der Waals surface area contributed by atoms with Crippen LogP contribution in [0.3, 0.4) is 0 Å². The lowest BCUT2D eigenvalue weighted by atomic mass is 10.1. The van der Waals surface area contributed by atoms with Crippen LogP contribution < -0.4 is 10.3 Å². The molecule has 0 aliphatic heterocycles. The van der Waals surface area contributed by atoms with E-state index >= 15 is 0 Å². The summed E-state index contributed by atoms with van der Waals surface area (Å²) in [4.78, 5) is 17.0. The summed E-state index contributed by atoms with van der Waals surface area (Å²) in [6, 6.07) is 2.93. The van der Waals surface area contributed by atoms with Crippen LogP contribution in [0.1, 0.15) is 17.0 Å². The summed E-state index contributed by atoms with van der Waals surface area (Å²) < 4.78 is 42.4. The Hall–Kier alpha value is -1.73. The highest BCUT2D eigenvalue weighted by Crippen LogP contribution is 2.31. The Labute approximate surface area is 132 Å². The van der Waals surface area contributed by atoms with Crippen LogP contribution in [-0.4, -0.2) is 17.1 Å². The van der Waals surface area contributed by atoms with Gasteiger partial charge in [0.25, 0.3) is 5.56 Å². The molecule has 0 radical (unpaired) electrons. The third-order valence-corrected chi connectivity index (χ3v) is 3.49. The van der Waals surface area contributed by atoms with Gasteiger partial charge in [-0.2, -0.15) is 13.2 Å². The standard InChI is InChI=1S/C13H9Cl2F3N2O2/c1-22-10-3-6(7(14)4-8(10)15)2-9-12(21)20-11(5-19-9)13(16,17)18/h3-5H,2H2,1H3,(H,20,21). The van der Waals surface area contributed by atoms with Crippen molar-refractivity contribution in [3.63, 3.8) is 0 Å². The van der Waals surface area contributed by atoms with Gasteiger partial charge >= 0.3 is 6.18 Å². The second-order valence-corrected chi connectivity index (χ2v) is 5.14. The summed E-state index contributed by atoms with van der Waals surface area (Å²) in [5.74, 6) is 0.337. The molecule has 1 aromatic carbocycles. The number of hydrogen-bond donors (Lipinski definition) is 1. The van der Waals surface area contributed by atoms with Crippen molar-refractivity contribution in [1.29, 1.82) is 0 Å². The van der Waals surface area contributed by atoms with E-state index in [0.29, 0.717) is 17.5 Å². The van der Waals surface area contributed by atoms with Gasteiger partial charge in [-0.1, -0.05) is 23.2 Å². The largest absolute Gasteiger partial charge is 0.495 e. The maximum Gasteiger partial charge on any atom is 0.432 e. The molecule has 0 bridgehead atoms. The SMILES string of the molecule is COc1cc(Cc2ncc(C(F)(F)F)[nH]c2=O)c(Cl)cc1Cl. The number of nitrogens with zero attached hydrogens (tertiary/aromatic N) is 1. The molecule has 1 aromatic heterocycles. The van der Waals surface area contributed by atoms with E-state index in [-0.39, 0.29) is 22.2 Å². The van der Waals surface area contributed by atoms with E-state index in [1.54, 1.807) is 4.98 Å². The van der Waals surface area contributed by atoms with E-state index in [0.717, 1.165) is 0 Å². The molecule has 0 spiro atoms. The molecule has 118 valence electrons. The number of alkyl halides is 3. The number of H-pyrrole nitrogens is 1. The minimum atomic E-state index is -4.66. The summed E-state index contributed by atoms with van der Waals surface area (Å²) in [6.45, 7) is 0. The average Bonchev–Trinajstić information content (AvgIpc) is 2.42. The molecule has 1 N–H and O–H groups in total. The third kappa shape index (κ3) is 3.53. The Bertz CT molecular complexity index is 760. The zero-order valence-electron chi connectivity index (χ0n) is 11.1. The number of benzene rings is 1. The maximum atomic E-state index is 12.5. The monoisotopic (exact) mass is 352 g/mol. The zero-order chi connectivity index (χ0) is 16.5. The lowest BCUT2D eigenvalue weighted by molar-refractivity contribution is -0.141. The Morgan fingerprint density at radius 3 is 2.50 bits per heavy atom. The average molecular weight is 353 g/mol. The third-order valence-electron chi connectivity index (χ3n) is 2.84. The van der Waals surface area contributed by atoms with Crippen LogP contribution in [0.2, 0.25) is 10.0 Å². The van der Waals surface area contributed by atoms with E-state index < -0.39 is 17.4 Å². The van der Waals surface area contributed by atoms with Gasteiger partial charge in [0.15, 0.2) is 0 Å². The highest BCUT2D eigenvalue weighted by Gasteiger charge is 2.32. The van der Waals surface area contributed by atoms with Gasteiger partial charge in [-0.3, -0.25) is 9.78 Å². The molecule has 2 aromatic rings. The molecule has 0 saturated heterocycles. The van der Waals surface area contributed by atoms with Gasteiger partial charge < -0.3 is 9.72 Å². The van der Waals surface area contributed by atoms with E-state index in [4.69, 9.17) is 27.9 Å². The van der Waals surface area contributed by atoms with Crippen LogP contribution in [0.15, 0.2) is 23.1 Å². The normalized spacial score (nSPS) is 11.5. The van der Waals surface area contributed by atoms with Crippen molar-refractivity contribution in [2.24, 2.45) is 0 Å². The number of methoxy groups -OCH3 is 1. The predicted molar refractivity (Wildman–Crippen MR) is 75.7 cm³/mol. The second-order valence-electron chi connectivity index (χ2n) is 4.33. The van der Waals surface area contributed by atoms with Crippen molar-refractivity contribution < 1.29 is 17.9 Å². The summed E-state index contributed by atoms with van der Waals surface area (Å²) >= 11 is 11.9. The fourth-order valence-electron chi connectivity index (χ4n) is 1.74. The molecule has 2 rings (SSSR count). The summed E-state index contributed by atoms with van der Waals surface area (Å²) in [5, 5.41) is 0.539. The number of hydrogen-bond acceptors (Lipinski definition) is 3. The number of aromatic amines is 1. The molecule has 1 heterocycles. The number of rotatable bonds is 3. The molecule has 22 heavy (non-hydrogen) atoms. The number of ether oxygens (including phenoxy) is 1. The summed E-state index contributed by atoms with van der Waals surface area (Å²) in [6.07, 6.45) is -4.15. The van der Waals surface area contributed by atoms with Crippen molar-refractivity contribution >= 4 is 23.2 Å². The van der Waals surface area contributed by atoms with Gasteiger partial charge in [-0.25, -0.2) is 0 Å². The Morgan fingerprint density at radius 2 is 1.95 bits per heavy atom. The second kappa shape index (κ2) is 6.18. The quantitative estimate of drug-likeness (QED) is 0.916. The molecule has 0 atom stereocenters. The molecule has 0 saturated carbocycles. The van der Waals surface area contributed by atoms with Crippen molar-refractivity contribution in [2.75, 3.05) is 7.11 Å². The van der Waals surface area contributed by atoms with E-state index in [9.17, 15) is 18.0 Å². The molecule has 0 aliphatic carbocycles. The van der Waals surface area contributed by atoms with Crippen LogP contribution in [0.4, 0.5) is 13.2 Å². The first-order chi connectivity index (χ1) is 10.2. The molecule has 4 nitrogen and oxygen atoms in total. The van der Waals surface area contributed by atoms with Crippen LogP contribution in [0, 0.1) is 0 Å². The smallest absolute Gasteiger partial charge is 0.432 e. The molecular formula is C13H9Cl2F3N2O2. The van der Waals surface area contributed by atoms with Gasteiger partial charge in [0.1, 0.15) is 17.1 Å². The van der Waals surface area contributed by atoms with Crippen LogP contribution in [0.5, 0.6) is 5.75 Å². The van der Waals surface area contributed by atoms with Gasteiger partial charge in [0, 0.05) is 11.4 Å². The van der Waals surface area contributed by atoms with Crippen LogP contribution >= 0.6 is 23.2 Å². The zero-order valence-corrected chi connectivity index (χ0v) is 12.6. The molecule has 0 amide bonds. The van der Waals surface area contributed by atoms with Crippen molar-refractivity contribution in [3.8, 4) is 5.75 Å².